The number of piperidine rings is 1. The highest BCUT2D eigenvalue weighted by molar-refractivity contribution is 4.58. The molecule has 0 aromatic rings. The topological polar surface area (TPSA) is 30.3 Å². The van der Waals surface area contributed by atoms with Crippen LogP contribution in [0.5, 0.6) is 0 Å². The van der Waals surface area contributed by atoms with E-state index in [9.17, 15) is 0 Å². The Hall–Kier alpha value is -0.120. The Balaban J connectivity index is 2.14. The van der Waals surface area contributed by atoms with Gasteiger partial charge in [0.05, 0.1) is 32.8 Å². The predicted octanol–water partition coefficient (Wildman–Crippen LogP) is -1.74. The van der Waals surface area contributed by atoms with Gasteiger partial charge < -0.3 is 15.0 Å². The highest BCUT2D eigenvalue weighted by atomic mass is 16.5. The second-order valence-electron chi connectivity index (χ2n) is 4.42. The Morgan fingerprint density at radius 2 is 2.08 bits per heavy atom. The van der Waals surface area contributed by atoms with Crippen molar-refractivity contribution in [3.8, 4) is 0 Å². The average Bonchev–Trinajstić information content (AvgIpc) is 2.09. The molecule has 1 saturated heterocycles. The number of methoxy groups -OCH3 is 1. The summed E-state index contributed by atoms with van der Waals surface area (Å²) in [4.78, 5) is 1.68. The summed E-state index contributed by atoms with van der Waals surface area (Å²) >= 11 is 0. The number of nitrogens with one attached hydrogen (secondary N) is 1. The number of likely N-dealkylation sites (tertiary alicyclic amines) is 1. The van der Waals surface area contributed by atoms with Gasteiger partial charge >= 0.3 is 0 Å². The van der Waals surface area contributed by atoms with Gasteiger partial charge in [-0.25, -0.2) is 0 Å². The number of nitrogens with two attached hydrogens (primary N) is 1. The quantitative estimate of drug-likeness (QED) is 0.539. The van der Waals surface area contributed by atoms with Gasteiger partial charge in [-0.15, -0.1) is 0 Å². The van der Waals surface area contributed by atoms with Crippen molar-refractivity contribution in [3.63, 3.8) is 0 Å². The molecular weight excluding hydrogens is 164 g/mol. The maximum absolute atomic E-state index is 5.13. The first-order chi connectivity index (χ1) is 6.22. The van der Waals surface area contributed by atoms with E-state index in [1.165, 1.54) is 25.9 Å². The smallest absolute Gasteiger partial charge is 0.107 e. The number of quaternary nitrogens is 2. The fourth-order valence-corrected chi connectivity index (χ4v) is 2.11. The zero-order valence-corrected chi connectivity index (χ0v) is 9.18. The summed E-state index contributed by atoms with van der Waals surface area (Å²) in [6.45, 7) is 5.79. The van der Waals surface area contributed by atoms with Crippen molar-refractivity contribution >= 4 is 0 Å². The average molecular weight is 188 g/mol. The molecule has 0 spiro atoms. The van der Waals surface area contributed by atoms with E-state index in [0.29, 0.717) is 6.04 Å². The molecule has 0 aromatic heterocycles. The molecule has 78 valence electrons. The van der Waals surface area contributed by atoms with Crippen LogP contribution in [0.4, 0.5) is 0 Å². The first-order valence-corrected chi connectivity index (χ1v) is 5.37. The van der Waals surface area contributed by atoms with Gasteiger partial charge in [-0.2, -0.15) is 0 Å². The molecule has 0 aliphatic carbocycles. The Morgan fingerprint density at radius 1 is 1.46 bits per heavy atom. The molecule has 0 radical (unpaired) electrons. The summed E-state index contributed by atoms with van der Waals surface area (Å²) in [5.41, 5.74) is 0. The zero-order chi connectivity index (χ0) is 9.68. The minimum Gasteiger partial charge on any atom is -0.379 e. The van der Waals surface area contributed by atoms with Crippen molar-refractivity contribution in [1.82, 2.24) is 0 Å². The Kier molecular flexibility index (Phi) is 4.70. The summed E-state index contributed by atoms with van der Waals surface area (Å²) in [5, 5.41) is 2.48. The maximum Gasteiger partial charge on any atom is 0.107 e. The lowest BCUT2D eigenvalue weighted by Gasteiger charge is -2.26. The lowest BCUT2D eigenvalue weighted by molar-refractivity contribution is -0.895. The number of hydrogen-bond acceptors (Lipinski definition) is 1. The van der Waals surface area contributed by atoms with Crippen molar-refractivity contribution in [2.45, 2.75) is 31.8 Å². The van der Waals surface area contributed by atoms with Gasteiger partial charge in [0.1, 0.15) is 6.04 Å². The molecule has 0 unspecified atom stereocenters. The van der Waals surface area contributed by atoms with E-state index in [2.05, 4.69) is 19.3 Å². The highest BCUT2D eigenvalue weighted by Crippen LogP contribution is 1.93. The SMILES string of the molecule is COC[C@H](C)[NH2+]C1CC[NH+](C)CC1. The van der Waals surface area contributed by atoms with Gasteiger partial charge in [-0.05, 0) is 6.92 Å². The summed E-state index contributed by atoms with van der Waals surface area (Å²) in [5.74, 6) is 0. The molecule has 3 nitrogen and oxygen atoms in total. The third-order valence-electron chi connectivity index (χ3n) is 2.91. The van der Waals surface area contributed by atoms with Crippen molar-refractivity contribution < 1.29 is 15.0 Å². The van der Waals surface area contributed by atoms with E-state index in [1.807, 2.05) is 0 Å². The van der Waals surface area contributed by atoms with Gasteiger partial charge in [0.15, 0.2) is 0 Å². The molecule has 1 heterocycles. The molecule has 1 atom stereocenters. The maximum atomic E-state index is 5.13. The van der Waals surface area contributed by atoms with Crippen LogP contribution in [-0.2, 0) is 4.74 Å². The molecule has 0 bridgehead atoms. The van der Waals surface area contributed by atoms with Crippen LogP contribution in [0.3, 0.4) is 0 Å². The van der Waals surface area contributed by atoms with Gasteiger partial charge in [-0.3, -0.25) is 0 Å². The van der Waals surface area contributed by atoms with Crippen LogP contribution in [0.2, 0.25) is 0 Å². The van der Waals surface area contributed by atoms with Crippen LogP contribution in [0, 0.1) is 0 Å². The van der Waals surface area contributed by atoms with Crippen molar-refractivity contribution in [2.75, 3.05) is 33.9 Å². The van der Waals surface area contributed by atoms with Gasteiger partial charge in [0.25, 0.3) is 0 Å². The normalized spacial score (nSPS) is 31.6. The predicted molar refractivity (Wildman–Crippen MR) is 52.9 cm³/mol. The first kappa shape index (κ1) is 11.0. The second-order valence-corrected chi connectivity index (χ2v) is 4.42. The fourth-order valence-electron chi connectivity index (χ4n) is 2.11. The Bertz CT molecular complexity index is 133. The van der Waals surface area contributed by atoms with E-state index in [0.717, 1.165) is 12.6 Å². The summed E-state index contributed by atoms with van der Waals surface area (Å²) in [7, 11) is 4.07. The molecule has 1 fully saturated rings. The van der Waals surface area contributed by atoms with Gasteiger partial charge in [0, 0.05) is 20.0 Å². The standard InChI is InChI=1S/C10H22N2O/c1-9(8-13-3)11-10-4-6-12(2)7-5-10/h9-11H,4-8H2,1-3H3/p+2/t9-/m0/s1. The monoisotopic (exact) mass is 188 g/mol. The van der Waals surface area contributed by atoms with E-state index < -0.39 is 0 Å². The third-order valence-corrected chi connectivity index (χ3v) is 2.91. The number of ether oxygens (including phenoxy) is 1. The third kappa shape index (κ3) is 4.07. The molecule has 13 heavy (non-hydrogen) atoms. The van der Waals surface area contributed by atoms with Crippen LogP contribution in [0.1, 0.15) is 19.8 Å². The largest absolute Gasteiger partial charge is 0.379 e. The summed E-state index contributed by atoms with van der Waals surface area (Å²) in [6.07, 6.45) is 2.72. The second kappa shape index (κ2) is 5.58. The van der Waals surface area contributed by atoms with Gasteiger partial charge in [-0.1, -0.05) is 0 Å². The molecule has 0 aromatic carbocycles. The number of rotatable bonds is 4. The van der Waals surface area contributed by atoms with Crippen LogP contribution < -0.4 is 10.2 Å². The summed E-state index contributed by atoms with van der Waals surface area (Å²) in [6, 6.07) is 1.46. The van der Waals surface area contributed by atoms with Gasteiger partial charge in [0.2, 0.25) is 0 Å². The van der Waals surface area contributed by atoms with Crippen molar-refractivity contribution in [2.24, 2.45) is 0 Å². The Labute approximate surface area is 81.4 Å². The van der Waals surface area contributed by atoms with E-state index >= 15 is 0 Å². The van der Waals surface area contributed by atoms with E-state index in [4.69, 9.17) is 4.74 Å². The van der Waals surface area contributed by atoms with Crippen LogP contribution in [-0.4, -0.2) is 45.9 Å². The molecule has 0 amide bonds. The molecule has 3 heteroatoms. The van der Waals surface area contributed by atoms with E-state index in [1.54, 1.807) is 12.0 Å². The molecule has 1 aliphatic heterocycles. The fraction of sp³-hybridized carbons (Fsp3) is 1.00. The lowest BCUT2D eigenvalue weighted by atomic mass is 10.0. The molecule has 3 N–H and O–H groups in total. The summed E-state index contributed by atoms with van der Waals surface area (Å²) < 4.78 is 5.13. The minimum absolute atomic E-state index is 0.619. The van der Waals surface area contributed by atoms with Crippen molar-refractivity contribution in [3.05, 3.63) is 0 Å². The highest BCUT2D eigenvalue weighted by Gasteiger charge is 2.23. The molecule has 1 aliphatic rings. The molecule has 1 rings (SSSR count). The van der Waals surface area contributed by atoms with E-state index in [-0.39, 0.29) is 0 Å². The van der Waals surface area contributed by atoms with Crippen LogP contribution in [0.25, 0.3) is 0 Å². The Morgan fingerprint density at radius 3 is 2.62 bits per heavy atom. The minimum atomic E-state index is 0.619. The van der Waals surface area contributed by atoms with Crippen LogP contribution in [0.15, 0.2) is 0 Å². The molecule has 0 saturated carbocycles. The first-order valence-electron chi connectivity index (χ1n) is 5.37. The van der Waals surface area contributed by atoms with Crippen LogP contribution >= 0.6 is 0 Å². The lowest BCUT2D eigenvalue weighted by Crippen LogP contribution is -3.12. The number of hydrogen-bond donors (Lipinski definition) is 2. The molecular formula is C10H24N2O+2. The van der Waals surface area contributed by atoms with Crippen molar-refractivity contribution in [1.29, 1.82) is 0 Å². The zero-order valence-electron chi connectivity index (χ0n) is 9.18.